The summed E-state index contributed by atoms with van der Waals surface area (Å²) < 4.78 is 3.61. The van der Waals surface area contributed by atoms with Crippen molar-refractivity contribution in [2.75, 3.05) is 10.7 Å². The second-order valence-corrected chi connectivity index (χ2v) is 10.2. The molecular weight excluding hydrogens is 458 g/mol. The van der Waals surface area contributed by atoms with Gasteiger partial charge in [0.15, 0.2) is 11.0 Å². The number of carbonyl (C=O) groups excluding carboxylic acids is 1. The van der Waals surface area contributed by atoms with E-state index in [0.29, 0.717) is 17.1 Å². The summed E-state index contributed by atoms with van der Waals surface area (Å²) in [7, 11) is 0. The Labute approximate surface area is 208 Å². The van der Waals surface area contributed by atoms with Gasteiger partial charge in [0.25, 0.3) is 5.56 Å². The highest BCUT2D eigenvalue weighted by Crippen LogP contribution is 2.34. The van der Waals surface area contributed by atoms with Crippen LogP contribution in [0.3, 0.4) is 0 Å². The molecule has 2 aromatic carbocycles. The van der Waals surface area contributed by atoms with Crippen LogP contribution >= 0.6 is 11.8 Å². The number of amides is 1. The zero-order valence-corrected chi connectivity index (χ0v) is 20.5. The van der Waals surface area contributed by atoms with Crippen LogP contribution in [-0.4, -0.2) is 37.0 Å². The Morgan fingerprint density at radius 2 is 1.86 bits per heavy atom. The maximum atomic E-state index is 13.4. The molecule has 0 bridgehead atoms. The molecule has 8 heteroatoms. The number of fused-ring (bicyclic) bond motifs is 4. The van der Waals surface area contributed by atoms with Gasteiger partial charge in [-0.3, -0.25) is 9.59 Å². The van der Waals surface area contributed by atoms with Crippen LogP contribution in [0.1, 0.15) is 37.4 Å². The molecule has 0 aliphatic carbocycles. The number of nitrogens with zero attached hydrogens (tertiary/aromatic N) is 5. The third kappa shape index (κ3) is 3.86. The van der Waals surface area contributed by atoms with Crippen molar-refractivity contribution in [3.05, 3.63) is 76.2 Å². The van der Waals surface area contributed by atoms with Crippen molar-refractivity contribution in [1.82, 2.24) is 19.3 Å². The summed E-state index contributed by atoms with van der Waals surface area (Å²) in [5.41, 5.74) is 4.44. The van der Waals surface area contributed by atoms with Gasteiger partial charge in [0.05, 0.1) is 11.4 Å². The van der Waals surface area contributed by atoms with Gasteiger partial charge in [0.1, 0.15) is 5.56 Å². The molecule has 1 amide bonds. The first-order chi connectivity index (χ1) is 17.1. The third-order valence-electron chi connectivity index (χ3n) is 6.97. The van der Waals surface area contributed by atoms with Gasteiger partial charge in [-0.05, 0) is 56.4 Å². The number of aromatic nitrogens is 4. The van der Waals surface area contributed by atoms with Crippen molar-refractivity contribution in [3.8, 4) is 17.1 Å². The second-order valence-electron chi connectivity index (χ2n) is 9.29. The number of hydrogen-bond acceptors (Lipinski definition) is 5. The first-order valence-electron chi connectivity index (χ1n) is 12.2. The maximum Gasteiger partial charge on any atom is 0.284 e. The molecule has 0 radical (unpaired) electrons. The summed E-state index contributed by atoms with van der Waals surface area (Å²) in [6, 6.07) is 17.7. The molecule has 0 spiro atoms. The monoisotopic (exact) mass is 485 g/mol. The first-order valence-corrected chi connectivity index (χ1v) is 13.2. The van der Waals surface area contributed by atoms with E-state index in [0.717, 1.165) is 60.9 Å². The van der Waals surface area contributed by atoms with Crippen LogP contribution in [-0.2, 0) is 24.2 Å². The SMILES string of the molecule is CC1Cc2ccccc2N1C(=O)CSc1nc2nn(-c3ccccc3)c(=O)c-2c2n1CCCCC2. The first kappa shape index (κ1) is 22.1. The standard InChI is InChI=1S/C27H27N5O2S/c1-18-16-19-10-7-8-13-21(19)31(18)23(33)17-35-27-28-25-24(22-14-6-3-9-15-30(22)27)26(34)32(29-25)20-11-4-2-5-12-20/h2,4-5,7-8,10-13,18H,3,6,9,14-17H2,1H3. The van der Waals surface area contributed by atoms with Gasteiger partial charge in [-0.25, -0.2) is 4.98 Å². The van der Waals surface area contributed by atoms with Crippen molar-refractivity contribution in [2.24, 2.45) is 0 Å². The molecule has 4 aliphatic rings. The molecule has 7 nitrogen and oxygen atoms in total. The third-order valence-corrected chi connectivity index (χ3v) is 7.93. The second kappa shape index (κ2) is 9.00. The Balaban J connectivity index is 1.36. The molecule has 0 saturated heterocycles. The lowest BCUT2D eigenvalue weighted by Crippen LogP contribution is -2.37. The van der Waals surface area contributed by atoms with E-state index in [2.05, 4.69) is 22.7 Å². The summed E-state index contributed by atoms with van der Waals surface area (Å²) in [5.74, 6) is 0.832. The average Bonchev–Trinajstić information content (AvgIpc) is 3.27. The van der Waals surface area contributed by atoms with Gasteiger partial charge in [-0.15, -0.1) is 5.10 Å². The molecule has 0 saturated carbocycles. The lowest BCUT2D eigenvalue weighted by atomic mass is 10.1. The van der Waals surface area contributed by atoms with E-state index in [1.165, 1.54) is 22.0 Å². The van der Waals surface area contributed by atoms with E-state index in [9.17, 15) is 9.59 Å². The van der Waals surface area contributed by atoms with Crippen molar-refractivity contribution in [1.29, 1.82) is 0 Å². The van der Waals surface area contributed by atoms with E-state index in [-0.39, 0.29) is 17.5 Å². The van der Waals surface area contributed by atoms with Gasteiger partial charge in [0.2, 0.25) is 5.91 Å². The highest BCUT2D eigenvalue weighted by Gasteiger charge is 2.32. The number of carbonyl (C=O) groups is 1. The number of hydrogen-bond donors (Lipinski definition) is 0. The Hall–Kier alpha value is -3.39. The lowest BCUT2D eigenvalue weighted by molar-refractivity contribution is -0.116. The smallest absolute Gasteiger partial charge is 0.284 e. The highest BCUT2D eigenvalue weighted by molar-refractivity contribution is 7.99. The average molecular weight is 486 g/mol. The topological polar surface area (TPSA) is 73.0 Å². The minimum absolute atomic E-state index is 0.0802. The number of thioether (sulfide) groups is 1. The van der Waals surface area contributed by atoms with Gasteiger partial charge in [-0.1, -0.05) is 54.6 Å². The molecule has 1 atom stereocenters. The fourth-order valence-electron chi connectivity index (χ4n) is 5.35. The van der Waals surface area contributed by atoms with Crippen molar-refractivity contribution in [3.63, 3.8) is 0 Å². The molecule has 4 heterocycles. The van der Waals surface area contributed by atoms with Gasteiger partial charge in [-0.2, -0.15) is 4.68 Å². The highest BCUT2D eigenvalue weighted by atomic mass is 32.2. The summed E-state index contributed by atoms with van der Waals surface area (Å²) in [6.45, 7) is 2.90. The van der Waals surface area contributed by atoms with Crippen molar-refractivity contribution < 1.29 is 4.79 Å². The summed E-state index contributed by atoms with van der Waals surface area (Å²) in [4.78, 5) is 33.5. The predicted octanol–water partition coefficient (Wildman–Crippen LogP) is 4.33. The van der Waals surface area contributed by atoms with Crippen LogP contribution < -0.4 is 10.5 Å². The van der Waals surface area contributed by atoms with Crippen LogP contribution in [0.5, 0.6) is 0 Å². The Morgan fingerprint density at radius 3 is 2.71 bits per heavy atom. The van der Waals surface area contributed by atoms with E-state index in [1.54, 1.807) is 0 Å². The largest absolute Gasteiger partial charge is 0.324 e. The predicted molar refractivity (Wildman–Crippen MR) is 138 cm³/mol. The molecule has 35 heavy (non-hydrogen) atoms. The number of rotatable bonds is 4. The molecular formula is C27H27N5O2S. The van der Waals surface area contributed by atoms with Crippen LogP contribution in [0.25, 0.3) is 17.1 Å². The Morgan fingerprint density at radius 1 is 1.06 bits per heavy atom. The molecule has 2 aromatic rings. The molecule has 0 N–H and O–H groups in total. The van der Waals surface area contributed by atoms with E-state index in [4.69, 9.17) is 4.98 Å². The molecule has 0 fully saturated rings. The van der Waals surface area contributed by atoms with E-state index in [1.807, 2.05) is 53.4 Å². The summed E-state index contributed by atoms with van der Waals surface area (Å²) >= 11 is 1.45. The quantitative estimate of drug-likeness (QED) is 0.318. The molecule has 178 valence electrons. The molecule has 6 rings (SSSR count). The van der Waals surface area contributed by atoms with E-state index < -0.39 is 0 Å². The number of para-hydroxylation sites is 2. The van der Waals surface area contributed by atoms with Gasteiger partial charge < -0.3 is 9.47 Å². The zero-order valence-electron chi connectivity index (χ0n) is 19.7. The van der Waals surface area contributed by atoms with Crippen molar-refractivity contribution >= 4 is 23.4 Å². The Bertz CT molecular complexity index is 1430. The molecule has 1 unspecified atom stereocenters. The zero-order chi connectivity index (χ0) is 23.9. The molecule has 0 aromatic heterocycles. The summed E-state index contributed by atoms with van der Waals surface area (Å²) in [5, 5.41) is 5.36. The normalized spacial score (nSPS) is 17.3. The van der Waals surface area contributed by atoms with Crippen LogP contribution in [0.4, 0.5) is 5.69 Å². The maximum absolute atomic E-state index is 13.4. The van der Waals surface area contributed by atoms with E-state index >= 15 is 0 Å². The fraction of sp³-hybridized carbons (Fsp3) is 0.333. The minimum atomic E-state index is -0.125. The van der Waals surface area contributed by atoms with Gasteiger partial charge in [0, 0.05) is 24.0 Å². The van der Waals surface area contributed by atoms with Crippen LogP contribution in [0, 0.1) is 0 Å². The summed E-state index contributed by atoms with van der Waals surface area (Å²) in [6.07, 6.45) is 4.86. The lowest BCUT2D eigenvalue weighted by Gasteiger charge is -2.23. The van der Waals surface area contributed by atoms with Crippen LogP contribution in [0.2, 0.25) is 0 Å². The fourth-order valence-corrected chi connectivity index (χ4v) is 6.25. The number of anilines is 1. The number of benzene rings is 2. The minimum Gasteiger partial charge on any atom is -0.324 e. The Kier molecular flexibility index (Phi) is 5.68. The van der Waals surface area contributed by atoms with Crippen LogP contribution in [0.15, 0.2) is 64.5 Å². The van der Waals surface area contributed by atoms with Gasteiger partial charge >= 0.3 is 0 Å². The van der Waals surface area contributed by atoms with Crippen molar-refractivity contribution in [2.45, 2.75) is 56.8 Å². The molecule has 4 aliphatic heterocycles.